The quantitative estimate of drug-likeness (QED) is 0.379. The van der Waals surface area contributed by atoms with Crippen LogP contribution in [0.4, 0.5) is 26.3 Å². The lowest BCUT2D eigenvalue weighted by molar-refractivity contribution is -0.141. The number of alkyl halides is 6. The van der Waals surface area contributed by atoms with Crippen LogP contribution in [0.25, 0.3) is 22.4 Å². The van der Waals surface area contributed by atoms with Crippen molar-refractivity contribution in [3.63, 3.8) is 0 Å². The molecule has 0 atom stereocenters. The molecule has 1 aromatic heterocycles. The highest BCUT2D eigenvalue weighted by molar-refractivity contribution is 9.10. The third kappa shape index (κ3) is 4.50. The van der Waals surface area contributed by atoms with Gasteiger partial charge in [-0.05, 0) is 47.5 Å². The zero-order chi connectivity index (χ0) is 19.8. The first-order valence-electron chi connectivity index (χ1n) is 7.57. The minimum Gasteiger partial charge on any atom is -0.243 e. The molecular formula is C19H10BrF6N. The largest absolute Gasteiger partial charge is 0.433 e. The number of hydrogen-bond donors (Lipinski definition) is 0. The van der Waals surface area contributed by atoms with Crippen molar-refractivity contribution >= 4 is 15.9 Å². The van der Waals surface area contributed by atoms with E-state index in [1.54, 1.807) is 24.3 Å². The third-order valence-corrected chi connectivity index (χ3v) is 4.27. The van der Waals surface area contributed by atoms with E-state index in [0.29, 0.717) is 10.0 Å². The number of aromatic nitrogens is 1. The van der Waals surface area contributed by atoms with Gasteiger partial charge in [-0.3, -0.25) is 0 Å². The molecule has 1 heterocycles. The van der Waals surface area contributed by atoms with Crippen LogP contribution >= 0.6 is 15.9 Å². The van der Waals surface area contributed by atoms with Gasteiger partial charge in [-0.25, -0.2) is 4.98 Å². The number of nitrogens with zero attached hydrogens (tertiary/aromatic N) is 1. The zero-order valence-corrected chi connectivity index (χ0v) is 15.0. The number of halogens is 7. The first-order valence-corrected chi connectivity index (χ1v) is 8.36. The van der Waals surface area contributed by atoms with E-state index in [1.165, 1.54) is 6.07 Å². The molecule has 8 heteroatoms. The standard InChI is InChI=1S/C19H10BrF6N/c20-15-3-1-2-12(8-15)16-9-13(10-17(27-16)19(24,25)26)11-4-6-14(7-5-11)18(21,22)23/h1-10H. The van der Waals surface area contributed by atoms with E-state index in [-0.39, 0.29) is 16.8 Å². The van der Waals surface area contributed by atoms with Gasteiger partial charge in [-0.2, -0.15) is 26.3 Å². The molecular weight excluding hydrogens is 436 g/mol. The van der Waals surface area contributed by atoms with Gasteiger partial charge in [0, 0.05) is 10.0 Å². The van der Waals surface area contributed by atoms with E-state index in [1.807, 2.05) is 0 Å². The molecule has 0 saturated carbocycles. The molecule has 3 rings (SSSR count). The zero-order valence-electron chi connectivity index (χ0n) is 13.4. The summed E-state index contributed by atoms with van der Waals surface area (Å²) in [5.41, 5.74) is -1.11. The van der Waals surface area contributed by atoms with Gasteiger partial charge in [-0.15, -0.1) is 0 Å². The van der Waals surface area contributed by atoms with Gasteiger partial charge in [0.05, 0.1) is 11.3 Å². The fourth-order valence-electron chi connectivity index (χ4n) is 2.49. The topological polar surface area (TPSA) is 12.9 Å². The molecule has 0 aliphatic carbocycles. The van der Waals surface area contributed by atoms with Gasteiger partial charge in [0.15, 0.2) is 0 Å². The molecule has 2 aromatic carbocycles. The summed E-state index contributed by atoms with van der Waals surface area (Å²) in [6.07, 6.45) is -9.21. The Hall–Kier alpha value is -2.35. The van der Waals surface area contributed by atoms with E-state index in [9.17, 15) is 26.3 Å². The maximum atomic E-state index is 13.3. The third-order valence-electron chi connectivity index (χ3n) is 3.78. The van der Waals surface area contributed by atoms with Crippen LogP contribution in [-0.4, -0.2) is 4.98 Å². The Bertz CT molecular complexity index is 961. The van der Waals surface area contributed by atoms with Gasteiger partial charge in [0.25, 0.3) is 0 Å². The normalized spacial score (nSPS) is 12.3. The molecule has 0 bridgehead atoms. The lowest BCUT2D eigenvalue weighted by atomic mass is 10.0. The van der Waals surface area contributed by atoms with Crippen LogP contribution in [0.2, 0.25) is 0 Å². The van der Waals surface area contributed by atoms with E-state index < -0.39 is 23.6 Å². The molecule has 140 valence electrons. The summed E-state index contributed by atoms with van der Waals surface area (Å²) in [5, 5.41) is 0. The molecule has 0 aliphatic rings. The molecule has 0 N–H and O–H groups in total. The Balaban J connectivity index is 2.13. The van der Waals surface area contributed by atoms with Crippen molar-refractivity contribution in [2.75, 3.05) is 0 Å². The van der Waals surface area contributed by atoms with Crippen molar-refractivity contribution in [2.24, 2.45) is 0 Å². The average molecular weight is 446 g/mol. The lowest BCUT2D eigenvalue weighted by Crippen LogP contribution is -2.09. The summed E-state index contributed by atoms with van der Waals surface area (Å²) >= 11 is 3.25. The molecule has 0 radical (unpaired) electrons. The summed E-state index contributed by atoms with van der Waals surface area (Å²) in [7, 11) is 0. The fraction of sp³-hybridized carbons (Fsp3) is 0.105. The van der Waals surface area contributed by atoms with Crippen LogP contribution in [0, 0.1) is 0 Å². The van der Waals surface area contributed by atoms with Gasteiger partial charge >= 0.3 is 12.4 Å². The van der Waals surface area contributed by atoms with Crippen molar-refractivity contribution in [3.05, 3.63) is 76.4 Å². The molecule has 0 fully saturated rings. The van der Waals surface area contributed by atoms with E-state index in [0.717, 1.165) is 30.3 Å². The minimum atomic E-state index is -4.69. The number of rotatable bonds is 2. The Morgan fingerprint density at radius 2 is 1.33 bits per heavy atom. The highest BCUT2D eigenvalue weighted by atomic mass is 79.9. The first kappa shape index (κ1) is 19.4. The minimum absolute atomic E-state index is 0.0704. The Morgan fingerprint density at radius 1 is 0.667 bits per heavy atom. The second-order valence-electron chi connectivity index (χ2n) is 5.71. The van der Waals surface area contributed by atoms with E-state index >= 15 is 0 Å². The maximum absolute atomic E-state index is 13.3. The van der Waals surface area contributed by atoms with Gasteiger partial charge in [0.2, 0.25) is 0 Å². The summed E-state index contributed by atoms with van der Waals surface area (Å²) in [5.74, 6) is 0. The Labute approximate surface area is 158 Å². The molecule has 1 nitrogen and oxygen atoms in total. The number of benzene rings is 2. The van der Waals surface area contributed by atoms with E-state index in [4.69, 9.17) is 0 Å². The first-order chi connectivity index (χ1) is 12.5. The van der Waals surface area contributed by atoms with Crippen LogP contribution in [0.15, 0.2) is 65.1 Å². The predicted molar refractivity (Wildman–Crippen MR) is 92.8 cm³/mol. The van der Waals surface area contributed by atoms with Crippen LogP contribution < -0.4 is 0 Å². The lowest BCUT2D eigenvalue weighted by Gasteiger charge is -2.13. The van der Waals surface area contributed by atoms with Crippen molar-refractivity contribution in [2.45, 2.75) is 12.4 Å². The van der Waals surface area contributed by atoms with Crippen molar-refractivity contribution in [1.29, 1.82) is 0 Å². The van der Waals surface area contributed by atoms with Crippen LogP contribution in [0.5, 0.6) is 0 Å². The van der Waals surface area contributed by atoms with Crippen molar-refractivity contribution in [3.8, 4) is 22.4 Å². The summed E-state index contributed by atoms with van der Waals surface area (Å²) in [6, 6.07) is 12.8. The summed E-state index contributed by atoms with van der Waals surface area (Å²) in [6.45, 7) is 0. The van der Waals surface area contributed by atoms with E-state index in [2.05, 4.69) is 20.9 Å². The average Bonchev–Trinajstić information content (AvgIpc) is 2.60. The van der Waals surface area contributed by atoms with Gasteiger partial charge in [-0.1, -0.05) is 40.2 Å². The molecule has 27 heavy (non-hydrogen) atoms. The van der Waals surface area contributed by atoms with Crippen molar-refractivity contribution < 1.29 is 26.3 Å². The van der Waals surface area contributed by atoms with Crippen LogP contribution in [-0.2, 0) is 12.4 Å². The molecule has 0 aliphatic heterocycles. The maximum Gasteiger partial charge on any atom is 0.433 e. The van der Waals surface area contributed by atoms with Gasteiger partial charge in [0.1, 0.15) is 5.69 Å². The van der Waals surface area contributed by atoms with Crippen LogP contribution in [0.3, 0.4) is 0 Å². The van der Waals surface area contributed by atoms with Crippen LogP contribution in [0.1, 0.15) is 11.3 Å². The second kappa shape index (κ2) is 6.99. The second-order valence-corrected chi connectivity index (χ2v) is 6.63. The number of hydrogen-bond acceptors (Lipinski definition) is 1. The molecule has 0 unspecified atom stereocenters. The highest BCUT2D eigenvalue weighted by Gasteiger charge is 2.34. The monoisotopic (exact) mass is 445 g/mol. The van der Waals surface area contributed by atoms with Gasteiger partial charge < -0.3 is 0 Å². The summed E-state index contributed by atoms with van der Waals surface area (Å²) < 4.78 is 78.5. The highest BCUT2D eigenvalue weighted by Crippen LogP contribution is 2.36. The summed E-state index contributed by atoms with van der Waals surface area (Å²) in [4.78, 5) is 3.67. The fourth-order valence-corrected chi connectivity index (χ4v) is 2.89. The Morgan fingerprint density at radius 3 is 1.89 bits per heavy atom. The molecule has 3 aromatic rings. The van der Waals surface area contributed by atoms with Crippen molar-refractivity contribution in [1.82, 2.24) is 4.98 Å². The smallest absolute Gasteiger partial charge is 0.243 e. The Kier molecular flexibility index (Phi) is 5.03. The molecule has 0 amide bonds. The SMILES string of the molecule is FC(F)(F)c1ccc(-c2cc(-c3cccc(Br)c3)nc(C(F)(F)F)c2)cc1. The molecule has 0 saturated heterocycles. The number of pyridine rings is 1. The predicted octanol–water partition coefficient (Wildman–Crippen LogP) is 7.22. The molecule has 0 spiro atoms.